The van der Waals surface area contributed by atoms with Crippen molar-refractivity contribution in [2.75, 3.05) is 12.4 Å². The van der Waals surface area contributed by atoms with E-state index in [4.69, 9.17) is 4.74 Å². The number of fused-ring (bicyclic) bond motifs is 2. The molecular formula is C33H25N5O8S2. The van der Waals surface area contributed by atoms with Gasteiger partial charge in [-0.3, -0.25) is 9.11 Å². The van der Waals surface area contributed by atoms with Crippen molar-refractivity contribution >= 4 is 75.9 Å². The molecule has 0 aliphatic heterocycles. The summed E-state index contributed by atoms with van der Waals surface area (Å²) in [5, 5.41) is 32.8. The fourth-order valence-electron chi connectivity index (χ4n) is 4.92. The summed E-state index contributed by atoms with van der Waals surface area (Å²) in [6.45, 7) is 0. The molecule has 0 aromatic heterocycles. The van der Waals surface area contributed by atoms with E-state index in [9.17, 15) is 31.0 Å². The first-order chi connectivity index (χ1) is 22.9. The van der Waals surface area contributed by atoms with Crippen molar-refractivity contribution in [3.8, 4) is 11.5 Å². The largest absolute Gasteiger partial charge is 0.506 e. The lowest BCUT2D eigenvalue weighted by Crippen LogP contribution is -2.03. The number of nitrogens with zero attached hydrogens (tertiary/aromatic N) is 4. The van der Waals surface area contributed by atoms with Gasteiger partial charge in [0.15, 0.2) is 0 Å². The fourth-order valence-corrected chi connectivity index (χ4v) is 6.10. The molecule has 4 N–H and O–H groups in total. The number of hydrogen-bond donors (Lipinski definition) is 4. The maximum Gasteiger partial charge on any atom is 0.296 e. The van der Waals surface area contributed by atoms with Gasteiger partial charge in [-0.25, -0.2) is 0 Å². The van der Waals surface area contributed by atoms with Crippen LogP contribution in [-0.4, -0.2) is 38.2 Å². The summed E-state index contributed by atoms with van der Waals surface area (Å²) in [6.07, 6.45) is 0. The number of anilines is 2. The fraction of sp³-hybridized carbons (Fsp3) is 0.0303. The van der Waals surface area contributed by atoms with E-state index in [0.717, 1.165) is 0 Å². The predicted molar refractivity (Wildman–Crippen MR) is 180 cm³/mol. The highest BCUT2D eigenvalue weighted by Gasteiger charge is 2.18. The van der Waals surface area contributed by atoms with Gasteiger partial charge in [0.2, 0.25) is 0 Å². The zero-order valence-electron chi connectivity index (χ0n) is 24.9. The van der Waals surface area contributed by atoms with E-state index >= 15 is 0 Å². The van der Waals surface area contributed by atoms with Crippen molar-refractivity contribution in [1.29, 1.82) is 0 Å². The van der Waals surface area contributed by atoms with Gasteiger partial charge in [0.05, 0.1) is 34.8 Å². The van der Waals surface area contributed by atoms with Gasteiger partial charge in [0, 0.05) is 21.8 Å². The van der Waals surface area contributed by atoms with Crippen LogP contribution < -0.4 is 10.1 Å². The van der Waals surface area contributed by atoms with E-state index in [0.29, 0.717) is 44.4 Å². The molecule has 0 fully saturated rings. The molecule has 48 heavy (non-hydrogen) atoms. The van der Waals surface area contributed by atoms with Crippen molar-refractivity contribution < 1.29 is 35.8 Å². The van der Waals surface area contributed by atoms with E-state index in [2.05, 4.69) is 25.8 Å². The van der Waals surface area contributed by atoms with Gasteiger partial charge in [-0.1, -0.05) is 36.4 Å². The molecule has 6 aromatic carbocycles. The number of nitrogens with one attached hydrogen (secondary N) is 1. The molecule has 0 bridgehead atoms. The molecule has 0 aliphatic rings. The lowest BCUT2D eigenvalue weighted by molar-refractivity contribution is 0.415. The minimum atomic E-state index is -4.63. The number of azo groups is 2. The van der Waals surface area contributed by atoms with E-state index in [1.54, 1.807) is 66.7 Å². The van der Waals surface area contributed by atoms with Gasteiger partial charge in [-0.15, -0.1) is 15.3 Å². The first kappa shape index (κ1) is 32.2. The molecule has 6 aromatic rings. The van der Waals surface area contributed by atoms with E-state index in [1.165, 1.54) is 49.6 Å². The summed E-state index contributed by atoms with van der Waals surface area (Å²) in [5.74, 6) is 0.438. The second-order valence-electron chi connectivity index (χ2n) is 10.3. The molecule has 242 valence electrons. The number of phenolic OH excluding ortho intramolecular Hbond substituents is 1. The Labute approximate surface area is 274 Å². The van der Waals surface area contributed by atoms with Crippen LogP contribution in [0, 0.1) is 0 Å². The smallest absolute Gasteiger partial charge is 0.296 e. The third-order valence-electron chi connectivity index (χ3n) is 7.26. The predicted octanol–water partition coefficient (Wildman–Crippen LogP) is 8.78. The van der Waals surface area contributed by atoms with Crippen LogP contribution in [0.1, 0.15) is 0 Å². The normalized spacial score (nSPS) is 12.3. The van der Waals surface area contributed by atoms with Crippen LogP contribution >= 0.6 is 0 Å². The summed E-state index contributed by atoms with van der Waals surface area (Å²) < 4.78 is 72.1. The van der Waals surface area contributed by atoms with Crippen molar-refractivity contribution in [2.45, 2.75) is 9.79 Å². The number of methoxy groups -OCH3 is 1. The molecule has 6 rings (SSSR count). The Kier molecular flexibility index (Phi) is 8.59. The van der Waals surface area contributed by atoms with Crippen LogP contribution in [0.15, 0.2) is 139 Å². The Bertz CT molecular complexity index is 2490. The second-order valence-corrected chi connectivity index (χ2v) is 13.2. The van der Waals surface area contributed by atoms with Gasteiger partial charge >= 0.3 is 0 Å². The van der Waals surface area contributed by atoms with Crippen LogP contribution in [0.3, 0.4) is 0 Å². The van der Waals surface area contributed by atoms with Gasteiger partial charge in [0.25, 0.3) is 20.2 Å². The number of benzene rings is 6. The van der Waals surface area contributed by atoms with E-state index in [1.807, 2.05) is 0 Å². The van der Waals surface area contributed by atoms with Gasteiger partial charge in [-0.05, 0) is 78.2 Å². The topological polar surface area (TPSA) is 200 Å². The highest BCUT2D eigenvalue weighted by Crippen LogP contribution is 2.40. The quantitative estimate of drug-likeness (QED) is 0.0849. The summed E-state index contributed by atoms with van der Waals surface area (Å²) in [7, 11) is -7.53. The van der Waals surface area contributed by atoms with Crippen molar-refractivity contribution in [1.82, 2.24) is 0 Å². The third kappa shape index (κ3) is 6.84. The molecule has 0 spiro atoms. The minimum Gasteiger partial charge on any atom is -0.506 e. The van der Waals surface area contributed by atoms with E-state index in [-0.39, 0.29) is 32.6 Å². The lowest BCUT2D eigenvalue weighted by Gasteiger charge is -2.11. The SMILES string of the molecule is COc1ccc(Nc2ccc(N=Nc3ccc(N=Nc4c(O)ccc5cc(S(=O)(=O)O)ccc45)c4ccccc34)cc2S(=O)(=O)O)cc1. The van der Waals surface area contributed by atoms with Crippen molar-refractivity contribution in [3.63, 3.8) is 0 Å². The zero-order valence-corrected chi connectivity index (χ0v) is 26.5. The average molecular weight is 684 g/mol. The molecule has 15 heteroatoms. The summed E-state index contributed by atoms with van der Waals surface area (Å²) in [6, 6.07) is 28.2. The Balaban J connectivity index is 1.32. The van der Waals surface area contributed by atoms with Crippen molar-refractivity contribution in [2.24, 2.45) is 20.5 Å². The summed E-state index contributed by atoms with van der Waals surface area (Å²) >= 11 is 0. The van der Waals surface area contributed by atoms with Crippen LogP contribution in [0.4, 0.5) is 34.1 Å². The number of rotatable bonds is 9. The van der Waals surface area contributed by atoms with E-state index < -0.39 is 20.2 Å². The van der Waals surface area contributed by atoms with Crippen LogP contribution in [-0.2, 0) is 20.2 Å². The molecule has 0 atom stereocenters. The molecule has 0 aliphatic carbocycles. The number of ether oxygens (including phenoxy) is 1. The first-order valence-corrected chi connectivity index (χ1v) is 16.9. The maximum atomic E-state index is 12.2. The lowest BCUT2D eigenvalue weighted by atomic mass is 10.1. The molecular weight excluding hydrogens is 659 g/mol. The number of phenols is 1. The second kappa shape index (κ2) is 12.8. The van der Waals surface area contributed by atoms with Crippen LogP contribution in [0.5, 0.6) is 11.5 Å². The van der Waals surface area contributed by atoms with Gasteiger partial charge in [-0.2, -0.15) is 21.9 Å². The Morgan fingerprint density at radius 1 is 0.646 bits per heavy atom. The molecule has 0 saturated heterocycles. The summed E-state index contributed by atoms with van der Waals surface area (Å²) in [4.78, 5) is -0.684. The first-order valence-electron chi connectivity index (χ1n) is 14.0. The summed E-state index contributed by atoms with van der Waals surface area (Å²) in [5.41, 5.74) is 1.84. The Hall–Kier alpha value is -5.74. The molecule has 0 unspecified atom stereocenters. The standard InChI is InChI=1S/C33H25N5O8S2/c1-46-23-10-7-21(8-11-23)34-30-14-9-22(19-32(30)48(43,44)45)35-36-28-15-16-29(27-5-3-2-4-26(27)28)37-38-33-25-13-12-24(47(40,41)42)18-20(25)6-17-31(33)39/h2-19,34,39H,1H3,(H,40,41,42)(H,43,44,45). The maximum absolute atomic E-state index is 12.2. The minimum absolute atomic E-state index is 0.0989. The third-order valence-corrected chi connectivity index (χ3v) is 9.00. The molecule has 0 saturated carbocycles. The monoisotopic (exact) mass is 683 g/mol. The molecule has 0 amide bonds. The highest BCUT2D eigenvalue weighted by molar-refractivity contribution is 7.86. The van der Waals surface area contributed by atoms with Gasteiger partial charge in [0.1, 0.15) is 22.1 Å². The zero-order chi connectivity index (χ0) is 34.1. The average Bonchev–Trinajstić information content (AvgIpc) is 3.07. The molecule has 0 heterocycles. The molecule has 0 radical (unpaired) electrons. The Morgan fingerprint density at radius 2 is 1.31 bits per heavy atom. The number of hydrogen-bond acceptors (Lipinski definition) is 11. The highest BCUT2D eigenvalue weighted by atomic mass is 32.2. The molecule has 13 nitrogen and oxygen atoms in total. The van der Waals surface area contributed by atoms with Gasteiger partial charge < -0.3 is 15.2 Å². The van der Waals surface area contributed by atoms with Crippen molar-refractivity contribution in [3.05, 3.63) is 109 Å². The Morgan fingerprint density at radius 3 is 1.94 bits per heavy atom. The number of aromatic hydroxyl groups is 1. The van der Waals surface area contributed by atoms with Crippen LogP contribution in [0.2, 0.25) is 0 Å². The van der Waals surface area contributed by atoms with Crippen LogP contribution in [0.25, 0.3) is 21.5 Å².